The molecule has 4 heterocycles. The molecule has 0 bridgehead atoms. The molecule has 12 heteroatoms. The SMILES string of the molecule is Cc1ncoc1-c1nnc(SCCCN2C[C@H]3C[C@@]3(c3ccc(-c4cccc(C(F)(F)F)n4)cc3)C2)n1C.Cl. The van der Waals surface area contributed by atoms with Gasteiger partial charge in [0, 0.05) is 36.9 Å². The van der Waals surface area contributed by atoms with Gasteiger partial charge in [-0.2, -0.15) is 13.2 Å². The minimum Gasteiger partial charge on any atom is -0.440 e. The lowest BCUT2D eigenvalue weighted by Gasteiger charge is -2.21. The Morgan fingerprint density at radius 2 is 1.92 bits per heavy atom. The molecule has 6 rings (SSSR count). The maximum Gasteiger partial charge on any atom is 0.433 e. The van der Waals surface area contributed by atoms with E-state index in [0.29, 0.717) is 28.8 Å². The van der Waals surface area contributed by atoms with Crippen molar-refractivity contribution < 1.29 is 17.6 Å². The topological polar surface area (TPSA) is 72.9 Å². The molecule has 206 valence electrons. The number of hydrogen-bond donors (Lipinski definition) is 0. The number of alkyl halides is 3. The summed E-state index contributed by atoms with van der Waals surface area (Å²) < 4.78 is 46.5. The number of likely N-dealkylation sites (tertiary alicyclic amines) is 1. The molecule has 0 amide bonds. The van der Waals surface area contributed by atoms with Crippen molar-refractivity contribution in [3.8, 4) is 22.8 Å². The van der Waals surface area contributed by atoms with Gasteiger partial charge in [0.25, 0.3) is 0 Å². The van der Waals surface area contributed by atoms with E-state index < -0.39 is 11.9 Å². The Hall–Kier alpha value is -2.89. The van der Waals surface area contributed by atoms with E-state index in [1.807, 2.05) is 30.7 Å². The first-order valence-corrected chi connectivity index (χ1v) is 13.5. The fraction of sp³-hybridized carbons (Fsp3) is 0.407. The van der Waals surface area contributed by atoms with Gasteiger partial charge in [-0.15, -0.1) is 22.6 Å². The van der Waals surface area contributed by atoms with Gasteiger partial charge in [0.1, 0.15) is 5.69 Å². The molecule has 2 atom stereocenters. The van der Waals surface area contributed by atoms with Crippen LogP contribution in [0.15, 0.2) is 58.4 Å². The third-order valence-corrected chi connectivity index (χ3v) is 8.75. The van der Waals surface area contributed by atoms with Gasteiger partial charge >= 0.3 is 6.18 Å². The number of nitrogens with zero attached hydrogens (tertiary/aromatic N) is 6. The van der Waals surface area contributed by atoms with E-state index in [9.17, 15) is 13.2 Å². The number of halogens is 4. The van der Waals surface area contributed by atoms with E-state index in [0.717, 1.165) is 48.7 Å². The molecule has 1 aliphatic heterocycles. The Kier molecular flexibility index (Phi) is 7.51. The molecule has 1 aromatic carbocycles. The number of thioether (sulfide) groups is 1. The number of benzene rings is 1. The van der Waals surface area contributed by atoms with Crippen molar-refractivity contribution >= 4 is 24.2 Å². The first-order chi connectivity index (χ1) is 18.2. The maximum absolute atomic E-state index is 13.0. The lowest BCUT2D eigenvalue weighted by Crippen LogP contribution is -2.27. The number of aromatic nitrogens is 5. The van der Waals surface area contributed by atoms with Crippen molar-refractivity contribution in [2.75, 3.05) is 25.4 Å². The molecule has 1 saturated heterocycles. The van der Waals surface area contributed by atoms with Gasteiger partial charge in [0.15, 0.2) is 17.3 Å². The van der Waals surface area contributed by atoms with Crippen molar-refractivity contribution in [2.45, 2.75) is 36.5 Å². The van der Waals surface area contributed by atoms with Crippen LogP contribution in [0.25, 0.3) is 22.8 Å². The van der Waals surface area contributed by atoms with Crippen LogP contribution >= 0.6 is 24.2 Å². The van der Waals surface area contributed by atoms with Crippen LogP contribution in [0, 0.1) is 12.8 Å². The number of fused-ring (bicyclic) bond motifs is 1. The van der Waals surface area contributed by atoms with Crippen molar-refractivity contribution in [3.05, 3.63) is 65.8 Å². The van der Waals surface area contributed by atoms with Crippen LogP contribution < -0.4 is 0 Å². The van der Waals surface area contributed by atoms with Gasteiger partial charge < -0.3 is 13.9 Å². The van der Waals surface area contributed by atoms with Crippen LogP contribution in [-0.2, 0) is 18.6 Å². The van der Waals surface area contributed by atoms with Crippen molar-refractivity contribution in [2.24, 2.45) is 13.0 Å². The van der Waals surface area contributed by atoms with Crippen molar-refractivity contribution in [3.63, 3.8) is 0 Å². The van der Waals surface area contributed by atoms with Crippen LogP contribution in [0.4, 0.5) is 13.2 Å². The fourth-order valence-corrected chi connectivity index (χ4v) is 6.37. The Morgan fingerprint density at radius 3 is 2.64 bits per heavy atom. The average molecular weight is 577 g/mol. The standard InChI is InChI=1S/C27H27F3N6OS.ClH/c1-17-23(37-16-31-17)24-33-34-25(35(24)2)38-12-4-11-36-14-20-13-26(20,15-36)19-9-7-18(8-10-19)21-5-3-6-22(32-21)27(28,29)30;/h3,5-10,16,20H,4,11-15H2,1-2H3;1H/t20-,26+;/m1./s1. The summed E-state index contributed by atoms with van der Waals surface area (Å²) in [6, 6.07) is 12.0. The van der Waals surface area contributed by atoms with Crippen LogP contribution in [-0.4, -0.2) is 55.0 Å². The highest BCUT2D eigenvalue weighted by molar-refractivity contribution is 7.99. The smallest absolute Gasteiger partial charge is 0.433 e. The summed E-state index contributed by atoms with van der Waals surface area (Å²) in [6.45, 7) is 5.00. The highest BCUT2D eigenvalue weighted by Gasteiger charge is 2.60. The molecule has 4 aromatic rings. The number of hydrogen-bond acceptors (Lipinski definition) is 7. The molecule has 2 aliphatic rings. The van der Waals surface area contributed by atoms with Crippen LogP contribution in [0.1, 0.15) is 29.8 Å². The molecule has 3 aromatic heterocycles. The van der Waals surface area contributed by atoms with Gasteiger partial charge in [-0.1, -0.05) is 42.1 Å². The first-order valence-electron chi connectivity index (χ1n) is 12.5. The van der Waals surface area contributed by atoms with E-state index in [1.165, 1.54) is 24.4 Å². The lowest BCUT2D eigenvalue weighted by molar-refractivity contribution is -0.141. The second-order valence-corrected chi connectivity index (χ2v) is 11.2. The molecule has 0 N–H and O–H groups in total. The monoisotopic (exact) mass is 576 g/mol. The fourth-order valence-electron chi connectivity index (χ4n) is 5.54. The summed E-state index contributed by atoms with van der Waals surface area (Å²) in [7, 11) is 1.94. The van der Waals surface area contributed by atoms with Crippen LogP contribution in [0.2, 0.25) is 0 Å². The van der Waals surface area contributed by atoms with E-state index >= 15 is 0 Å². The minimum absolute atomic E-state index is 0. The molecule has 39 heavy (non-hydrogen) atoms. The largest absolute Gasteiger partial charge is 0.440 e. The summed E-state index contributed by atoms with van der Waals surface area (Å²) in [6.07, 6.45) is -0.823. The highest BCUT2D eigenvalue weighted by Crippen LogP contribution is 2.59. The summed E-state index contributed by atoms with van der Waals surface area (Å²) in [5.74, 6) is 2.90. The lowest BCUT2D eigenvalue weighted by atomic mass is 9.93. The van der Waals surface area contributed by atoms with E-state index in [2.05, 4.69) is 37.2 Å². The molecular formula is C27H28ClF3N6OS. The Labute approximate surface area is 234 Å². The number of aryl methyl sites for hydroxylation is 1. The van der Waals surface area contributed by atoms with Gasteiger partial charge in [0.05, 0.1) is 11.4 Å². The van der Waals surface area contributed by atoms with Gasteiger partial charge in [-0.3, -0.25) is 0 Å². The number of piperidine rings is 1. The van der Waals surface area contributed by atoms with Gasteiger partial charge in [-0.25, -0.2) is 9.97 Å². The second-order valence-electron chi connectivity index (χ2n) is 10.1. The molecule has 1 saturated carbocycles. The summed E-state index contributed by atoms with van der Waals surface area (Å²) in [4.78, 5) is 10.5. The summed E-state index contributed by atoms with van der Waals surface area (Å²) >= 11 is 1.69. The molecule has 0 radical (unpaired) electrons. The quantitative estimate of drug-likeness (QED) is 0.187. The molecular weight excluding hydrogens is 549 g/mol. The zero-order valence-electron chi connectivity index (χ0n) is 21.5. The summed E-state index contributed by atoms with van der Waals surface area (Å²) in [5.41, 5.74) is 2.40. The predicted octanol–water partition coefficient (Wildman–Crippen LogP) is 6.04. The molecule has 1 aliphatic carbocycles. The predicted molar refractivity (Wildman–Crippen MR) is 145 cm³/mol. The molecule has 2 fully saturated rings. The van der Waals surface area contributed by atoms with Gasteiger partial charge in [0.2, 0.25) is 5.82 Å². The molecule has 0 spiro atoms. The molecule has 7 nitrogen and oxygen atoms in total. The van der Waals surface area contributed by atoms with Crippen LogP contribution in [0.5, 0.6) is 0 Å². The molecule has 0 unspecified atom stereocenters. The van der Waals surface area contributed by atoms with Crippen LogP contribution in [0.3, 0.4) is 0 Å². The second kappa shape index (κ2) is 10.6. The third kappa shape index (κ3) is 5.31. The Bertz CT molecular complexity index is 1460. The summed E-state index contributed by atoms with van der Waals surface area (Å²) in [5, 5.41) is 9.43. The number of oxazole rings is 1. The number of rotatable bonds is 8. The van der Waals surface area contributed by atoms with E-state index in [1.54, 1.807) is 17.8 Å². The first kappa shape index (κ1) is 27.7. The van der Waals surface area contributed by atoms with E-state index in [4.69, 9.17) is 4.42 Å². The van der Waals surface area contributed by atoms with Crippen molar-refractivity contribution in [1.82, 2.24) is 29.6 Å². The minimum atomic E-state index is -4.45. The Balaban J connectivity index is 0.00000308. The Morgan fingerprint density at radius 1 is 1.13 bits per heavy atom. The average Bonchev–Trinajstić information content (AvgIpc) is 3.18. The zero-order chi connectivity index (χ0) is 26.5. The van der Waals surface area contributed by atoms with Gasteiger partial charge in [-0.05, 0) is 49.9 Å². The van der Waals surface area contributed by atoms with Crippen molar-refractivity contribution in [1.29, 1.82) is 0 Å². The normalized spacial score (nSPS) is 20.6. The van der Waals surface area contributed by atoms with E-state index in [-0.39, 0.29) is 17.8 Å². The third-order valence-electron chi connectivity index (χ3n) is 7.64. The highest BCUT2D eigenvalue weighted by atomic mass is 35.5. The zero-order valence-corrected chi connectivity index (χ0v) is 23.1. The number of pyridine rings is 1. The maximum atomic E-state index is 13.0.